The SMILES string of the molecule is CC(C)CCNC(=O)COC(=O)c1ccc(Cl)c(S(=O)(=O)N2CCc3ccccc32)c1. The van der Waals surface area contributed by atoms with E-state index in [2.05, 4.69) is 5.32 Å². The number of nitrogens with zero attached hydrogens (tertiary/aromatic N) is 1. The van der Waals surface area contributed by atoms with Crippen LogP contribution in [0.1, 0.15) is 36.2 Å². The Kier molecular flexibility index (Phi) is 7.23. The summed E-state index contributed by atoms with van der Waals surface area (Å²) in [4.78, 5) is 24.0. The minimum atomic E-state index is -3.98. The van der Waals surface area contributed by atoms with Gasteiger partial charge in [0.05, 0.1) is 16.3 Å². The molecule has 1 N–H and O–H groups in total. The van der Waals surface area contributed by atoms with Gasteiger partial charge in [-0.25, -0.2) is 13.2 Å². The number of benzene rings is 2. The standard InChI is InChI=1S/C22H25ClN2O5S/c1-15(2)9-11-24-21(26)14-30-22(27)17-7-8-18(23)20(13-17)31(28,29)25-12-10-16-5-3-4-6-19(16)25/h3-8,13,15H,9-12,14H2,1-2H3,(H,24,26). The summed E-state index contributed by atoms with van der Waals surface area (Å²) in [7, 11) is -3.98. The van der Waals surface area contributed by atoms with Gasteiger partial charge in [0.25, 0.3) is 15.9 Å². The van der Waals surface area contributed by atoms with Crippen molar-refractivity contribution in [2.75, 3.05) is 24.0 Å². The Labute approximate surface area is 187 Å². The molecule has 31 heavy (non-hydrogen) atoms. The quantitative estimate of drug-likeness (QED) is 0.604. The fourth-order valence-electron chi connectivity index (χ4n) is 3.27. The number of para-hydroxylation sites is 1. The maximum absolute atomic E-state index is 13.3. The Morgan fingerprint density at radius 1 is 1.19 bits per heavy atom. The highest BCUT2D eigenvalue weighted by atomic mass is 35.5. The van der Waals surface area contributed by atoms with Gasteiger partial charge >= 0.3 is 5.97 Å². The highest BCUT2D eigenvalue weighted by Gasteiger charge is 2.32. The van der Waals surface area contributed by atoms with Crippen LogP contribution in [0.3, 0.4) is 0 Å². The summed E-state index contributed by atoms with van der Waals surface area (Å²) in [6.45, 7) is 4.43. The van der Waals surface area contributed by atoms with Crippen molar-refractivity contribution in [1.82, 2.24) is 5.32 Å². The molecule has 2 aromatic rings. The fourth-order valence-corrected chi connectivity index (χ4v) is 5.28. The molecule has 1 heterocycles. The Balaban J connectivity index is 1.73. The minimum absolute atomic E-state index is 0.00503. The van der Waals surface area contributed by atoms with Crippen molar-refractivity contribution in [3.63, 3.8) is 0 Å². The second-order valence-corrected chi connectivity index (χ2v) is 9.95. The number of carbonyl (C=O) groups excluding carboxylic acids is 2. The zero-order valence-electron chi connectivity index (χ0n) is 17.4. The lowest BCUT2D eigenvalue weighted by Gasteiger charge is -2.20. The summed E-state index contributed by atoms with van der Waals surface area (Å²) in [6.07, 6.45) is 1.42. The number of hydrogen-bond acceptors (Lipinski definition) is 5. The van der Waals surface area contributed by atoms with E-state index < -0.39 is 28.5 Å². The largest absolute Gasteiger partial charge is 0.452 e. The average Bonchev–Trinajstić information content (AvgIpc) is 3.17. The smallest absolute Gasteiger partial charge is 0.338 e. The number of hydrogen-bond donors (Lipinski definition) is 1. The van der Waals surface area contributed by atoms with Gasteiger partial charge in [-0.2, -0.15) is 0 Å². The van der Waals surface area contributed by atoms with Gasteiger partial charge in [-0.15, -0.1) is 0 Å². The van der Waals surface area contributed by atoms with Crippen LogP contribution in [0, 0.1) is 5.92 Å². The molecule has 3 rings (SSSR count). The summed E-state index contributed by atoms with van der Waals surface area (Å²) >= 11 is 6.18. The molecule has 1 amide bonds. The van der Waals surface area contributed by atoms with Crippen molar-refractivity contribution >= 4 is 39.2 Å². The van der Waals surface area contributed by atoms with Crippen LogP contribution in [0.4, 0.5) is 5.69 Å². The van der Waals surface area contributed by atoms with Crippen LogP contribution in [0.5, 0.6) is 0 Å². The van der Waals surface area contributed by atoms with Gasteiger partial charge in [-0.1, -0.05) is 43.6 Å². The number of nitrogens with one attached hydrogen (secondary N) is 1. The molecule has 0 spiro atoms. The van der Waals surface area contributed by atoms with Crippen molar-refractivity contribution in [2.24, 2.45) is 5.92 Å². The summed E-state index contributed by atoms with van der Waals surface area (Å²) in [6, 6.07) is 11.2. The van der Waals surface area contributed by atoms with Crippen molar-refractivity contribution in [1.29, 1.82) is 0 Å². The normalized spacial score (nSPS) is 13.2. The van der Waals surface area contributed by atoms with E-state index in [1.807, 2.05) is 26.0 Å². The van der Waals surface area contributed by atoms with Gasteiger partial charge < -0.3 is 10.1 Å². The number of sulfonamides is 1. The second-order valence-electron chi connectivity index (χ2n) is 7.71. The molecule has 0 bridgehead atoms. The van der Waals surface area contributed by atoms with E-state index in [0.717, 1.165) is 12.0 Å². The molecular formula is C22H25ClN2O5S. The van der Waals surface area contributed by atoms with Gasteiger partial charge in [0.2, 0.25) is 0 Å². The molecule has 7 nitrogen and oxygen atoms in total. The van der Waals surface area contributed by atoms with Crippen LogP contribution in [0.2, 0.25) is 5.02 Å². The third-order valence-electron chi connectivity index (χ3n) is 4.96. The summed E-state index contributed by atoms with van der Waals surface area (Å²) in [5.41, 5.74) is 1.54. The highest BCUT2D eigenvalue weighted by Crippen LogP contribution is 2.35. The zero-order valence-corrected chi connectivity index (χ0v) is 19.0. The van der Waals surface area contributed by atoms with E-state index in [9.17, 15) is 18.0 Å². The van der Waals surface area contributed by atoms with Crippen LogP contribution < -0.4 is 9.62 Å². The molecule has 1 aliphatic heterocycles. The maximum Gasteiger partial charge on any atom is 0.338 e. The van der Waals surface area contributed by atoms with Gasteiger partial charge in [0.15, 0.2) is 6.61 Å². The average molecular weight is 465 g/mol. The molecule has 0 saturated carbocycles. The van der Waals surface area contributed by atoms with Gasteiger partial charge in [-0.05, 0) is 48.6 Å². The molecule has 9 heteroatoms. The number of rotatable bonds is 8. The van der Waals surface area contributed by atoms with Crippen molar-refractivity contribution in [3.05, 3.63) is 58.6 Å². The Bertz CT molecular complexity index is 1090. The first-order valence-electron chi connectivity index (χ1n) is 10.0. The second kappa shape index (κ2) is 9.70. The molecule has 0 radical (unpaired) electrons. The molecular weight excluding hydrogens is 440 g/mol. The molecule has 2 aromatic carbocycles. The third kappa shape index (κ3) is 5.37. The Morgan fingerprint density at radius 2 is 1.94 bits per heavy atom. The lowest BCUT2D eigenvalue weighted by molar-refractivity contribution is -0.124. The number of anilines is 1. The van der Waals surface area contributed by atoms with Crippen molar-refractivity contribution < 1.29 is 22.7 Å². The van der Waals surface area contributed by atoms with Crippen molar-refractivity contribution in [3.8, 4) is 0 Å². The molecule has 0 aromatic heterocycles. The summed E-state index contributed by atoms with van der Waals surface area (Å²) in [5.74, 6) is -0.765. The molecule has 0 saturated heterocycles. The monoisotopic (exact) mass is 464 g/mol. The number of fused-ring (bicyclic) bond motifs is 1. The van der Waals surface area contributed by atoms with E-state index in [0.29, 0.717) is 31.1 Å². The lowest BCUT2D eigenvalue weighted by Crippen LogP contribution is -2.30. The first-order chi connectivity index (χ1) is 14.7. The summed E-state index contributed by atoms with van der Waals surface area (Å²) < 4.78 is 32.8. The van der Waals surface area contributed by atoms with E-state index in [-0.39, 0.29) is 15.5 Å². The van der Waals surface area contributed by atoms with Crippen LogP contribution >= 0.6 is 11.6 Å². The maximum atomic E-state index is 13.3. The van der Waals surface area contributed by atoms with Crippen LogP contribution in [-0.2, 0) is 26.0 Å². The van der Waals surface area contributed by atoms with Crippen LogP contribution in [0.25, 0.3) is 0 Å². The van der Waals surface area contributed by atoms with E-state index in [4.69, 9.17) is 16.3 Å². The lowest BCUT2D eigenvalue weighted by atomic mass is 10.1. The molecule has 0 unspecified atom stereocenters. The minimum Gasteiger partial charge on any atom is -0.452 e. The predicted octanol–water partition coefficient (Wildman–Crippen LogP) is 3.41. The van der Waals surface area contributed by atoms with Gasteiger partial charge in [0, 0.05) is 13.1 Å². The van der Waals surface area contributed by atoms with E-state index in [1.165, 1.54) is 22.5 Å². The molecule has 0 atom stereocenters. The van der Waals surface area contributed by atoms with Crippen LogP contribution in [0.15, 0.2) is 47.4 Å². The topological polar surface area (TPSA) is 92.8 Å². The van der Waals surface area contributed by atoms with Crippen LogP contribution in [-0.4, -0.2) is 40.0 Å². The zero-order chi connectivity index (χ0) is 22.6. The van der Waals surface area contributed by atoms with E-state index >= 15 is 0 Å². The van der Waals surface area contributed by atoms with Gasteiger partial charge in [0.1, 0.15) is 4.90 Å². The molecule has 0 aliphatic carbocycles. The Morgan fingerprint density at radius 3 is 2.68 bits per heavy atom. The Hall–Kier alpha value is -2.58. The summed E-state index contributed by atoms with van der Waals surface area (Å²) in [5, 5.41) is 2.68. The number of esters is 1. The number of halogens is 1. The third-order valence-corrected chi connectivity index (χ3v) is 7.25. The number of ether oxygens (including phenoxy) is 1. The first kappa shape index (κ1) is 23.1. The van der Waals surface area contributed by atoms with Gasteiger partial charge in [-0.3, -0.25) is 9.10 Å². The first-order valence-corrected chi connectivity index (χ1v) is 11.9. The highest BCUT2D eigenvalue weighted by molar-refractivity contribution is 7.93. The molecule has 0 fully saturated rings. The number of carbonyl (C=O) groups is 2. The fraction of sp³-hybridized carbons (Fsp3) is 0.364. The van der Waals surface area contributed by atoms with Crippen molar-refractivity contribution in [2.45, 2.75) is 31.6 Å². The number of amides is 1. The molecule has 1 aliphatic rings. The predicted molar refractivity (Wildman–Crippen MR) is 119 cm³/mol. The van der Waals surface area contributed by atoms with E-state index in [1.54, 1.807) is 12.1 Å². The molecule has 166 valence electrons.